The maximum absolute atomic E-state index is 9.34. The Balaban J connectivity index is 2.07. The third-order valence-corrected chi connectivity index (χ3v) is 2.65. The molecule has 3 atom stereocenters. The monoisotopic (exact) mass is 127 g/mol. The number of hydrogen-bond acceptors (Lipinski definition) is 2. The van der Waals surface area contributed by atoms with Crippen molar-refractivity contribution >= 4 is 0 Å². The maximum atomic E-state index is 9.34. The van der Waals surface area contributed by atoms with Gasteiger partial charge < -0.3 is 10.4 Å². The molecular weight excluding hydrogens is 114 g/mol. The second kappa shape index (κ2) is 1.96. The molecule has 0 aromatic heterocycles. The summed E-state index contributed by atoms with van der Waals surface area (Å²) in [5.41, 5.74) is 0. The molecule has 9 heavy (non-hydrogen) atoms. The van der Waals surface area contributed by atoms with Crippen LogP contribution in [0.3, 0.4) is 0 Å². The summed E-state index contributed by atoms with van der Waals surface area (Å²) in [5, 5.41) is 12.7. The molecule has 1 aliphatic heterocycles. The summed E-state index contributed by atoms with van der Waals surface area (Å²) in [6.45, 7) is 1.12. The van der Waals surface area contributed by atoms with Crippen molar-refractivity contribution < 1.29 is 5.11 Å². The summed E-state index contributed by atoms with van der Waals surface area (Å²) in [4.78, 5) is 0. The first-order chi connectivity index (χ1) is 4.38. The number of fused-ring (bicyclic) bond motifs is 1. The molecule has 52 valence electrons. The van der Waals surface area contributed by atoms with Crippen LogP contribution in [-0.4, -0.2) is 23.8 Å². The summed E-state index contributed by atoms with van der Waals surface area (Å²) in [6.07, 6.45) is 3.49. The molecule has 2 heteroatoms. The zero-order valence-electron chi connectivity index (χ0n) is 5.51. The van der Waals surface area contributed by atoms with Gasteiger partial charge >= 0.3 is 0 Å². The van der Waals surface area contributed by atoms with Gasteiger partial charge in [0, 0.05) is 6.04 Å². The molecule has 1 heterocycles. The van der Waals surface area contributed by atoms with E-state index in [0.29, 0.717) is 6.04 Å². The minimum Gasteiger partial charge on any atom is -0.391 e. The third kappa shape index (κ3) is 0.775. The van der Waals surface area contributed by atoms with Gasteiger partial charge in [-0.25, -0.2) is 0 Å². The van der Waals surface area contributed by atoms with E-state index in [9.17, 15) is 5.11 Å². The van der Waals surface area contributed by atoms with Gasteiger partial charge in [-0.1, -0.05) is 0 Å². The first-order valence-corrected chi connectivity index (χ1v) is 3.79. The molecule has 0 spiro atoms. The Bertz CT molecular complexity index is 115. The van der Waals surface area contributed by atoms with Crippen LogP contribution < -0.4 is 5.32 Å². The van der Waals surface area contributed by atoms with Crippen LogP contribution in [0.2, 0.25) is 0 Å². The number of aliphatic hydroxyl groups is 1. The number of hydrogen-bond donors (Lipinski definition) is 2. The maximum Gasteiger partial charge on any atom is 0.0696 e. The van der Waals surface area contributed by atoms with Crippen molar-refractivity contribution in [1.29, 1.82) is 0 Å². The molecular formula is C7H13NO. The van der Waals surface area contributed by atoms with Gasteiger partial charge in [0.15, 0.2) is 0 Å². The van der Waals surface area contributed by atoms with Gasteiger partial charge in [0.1, 0.15) is 0 Å². The number of aliphatic hydroxyl groups excluding tert-OH is 1. The van der Waals surface area contributed by atoms with Crippen molar-refractivity contribution in [3.8, 4) is 0 Å². The fourth-order valence-corrected chi connectivity index (χ4v) is 2.12. The molecule has 0 bridgehead atoms. The van der Waals surface area contributed by atoms with Crippen LogP contribution in [0.4, 0.5) is 0 Å². The Hall–Kier alpha value is -0.0800. The van der Waals surface area contributed by atoms with E-state index < -0.39 is 0 Å². The van der Waals surface area contributed by atoms with Gasteiger partial charge in [-0.3, -0.25) is 0 Å². The van der Waals surface area contributed by atoms with Gasteiger partial charge in [0.2, 0.25) is 0 Å². The molecule has 2 nitrogen and oxygen atoms in total. The van der Waals surface area contributed by atoms with E-state index in [4.69, 9.17) is 0 Å². The van der Waals surface area contributed by atoms with Gasteiger partial charge in [-0.05, 0) is 31.7 Å². The van der Waals surface area contributed by atoms with Gasteiger partial charge in [0.05, 0.1) is 6.10 Å². The van der Waals surface area contributed by atoms with Gasteiger partial charge in [0.25, 0.3) is 0 Å². The second-order valence-electron chi connectivity index (χ2n) is 3.17. The molecule has 0 aromatic rings. The molecule has 0 amide bonds. The minimum atomic E-state index is -0.0440. The highest BCUT2D eigenvalue weighted by molar-refractivity contribution is 4.94. The predicted octanol–water partition coefficient (Wildman–Crippen LogP) is 0.119. The molecule has 0 radical (unpaired) electrons. The quantitative estimate of drug-likeness (QED) is 0.484. The Labute approximate surface area is 55.3 Å². The largest absolute Gasteiger partial charge is 0.391 e. The van der Waals surface area contributed by atoms with Crippen LogP contribution in [0, 0.1) is 5.92 Å². The standard InChI is InChI=1S/C7H13NO/c9-6-2-1-5-3-4-8-7(5)6/h5-9H,1-4H2. The van der Waals surface area contributed by atoms with Crippen molar-refractivity contribution in [2.45, 2.75) is 31.4 Å². The van der Waals surface area contributed by atoms with E-state index in [1.807, 2.05) is 0 Å². The van der Waals surface area contributed by atoms with Crippen LogP contribution in [0.1, 0.15) is 19.3 Å². The Morgan fingerprint density at radius 3 is 2.89 bits per heavy atom. The number of rotatable bonds is 0. The van der Waals surface area contributed by atoms with E-state index in [1.165, 1.54) is 12.8 Å². The summed E-state index contributed by atoms with van der Waals surface area (Å²) in [5.74, 6) is 0.792. The fourth-order valence-electron chi connectivity index (χ4n) is 2.12. The molecule has 1 aliphatic carbocycles. The highest BCUT2D eigenvalue weighted by Gasteiger charge is 2.37. The summed E-state index contributed by atoms with van der Waals surface area (Å²) in [7, 11) is 0. The van der Waals surface area contributed by atoms with Gasteiger partial charge in [-0.2, -0.15) is 0 Å². The smallest absolute Gasteiger partial charge is 0.0696 e. The van der Waals surface area contributed by atoms with Crippen molar-refractivity contribution in [3.63, 3.8) is 0 Å². The topological polar surface area (TPSA) is 32.3 Å². The van der Waals surface area contributed by atoms with Crippen LogP contribution in [-0.2, 0) is 0 Å². The lowest BCUT2D eigenvalue weighted by Crippen LogP contribution is -2.33. The lowest BCUT2D eigenvalue weighted by molar-refractivity contribution is 0.151. The average molecular weight is 127 g/mol. The van der Waals surface area contributed by atoms with Crippen LogP contribution >= 0.6 is 0 Å². The molecule has 3 unspecified atom stereocenters. The molecule has 2 N–H and O–H groups in total. The summed E-state index contributed by atoms with van der Waals surface area (Å²) >= 11 is 0. The SMILES string of the molecule is OC1CCC2CCNC12. The highest BCUT2D eigenvalue weighted by atomic mass is 16.3. The number of nitrogens with one attached hydrogen (secondary N) is 1. The summed E-state index contributed by atoms with van der Waals surface area (Å²) < 4.78 is 0. The third-order valence-electron chi connectivity index (χ3n) is 2.65. The normalized spacial score (nSPS) is 49.7. The molecule has 1 saturated heterocycles. The minimum absolute atomic E-state index is 0.0440. The predicted molar refractivity (Wildman–Crippen MR) is 35.1 cm³/mol. The molecule has 2 rings (SSSR count). The lowest BCUT2D eigenvalue weighted by Gasteiger charge is -2.11. The molecule has 0 aromatic carbocycles. The average Bonchev–Trinajstić information content (AvgIpc) is 2.35. The van der Waals surface area contributed by atoms with E-state index >= 15 is 0 Å². The van der Waals surface area contributed by atoms with E-state index in [0.717, 1.165) is 18.9 Å². The molecule has 2 aliphatic rings. The Kier molecular flexibility index (Phi) is 1.24. The van der Waals surface area contributed by atoms with Crippen molar-refractivity contribution in [1.82, 2.24) is 5.32 Å². The van der Waals surface area contributed by atoms with Gasteiger partial charge in [-0.15, -0.1) is 0 Å². The Morgan fingerprint density at radius 2 is 2.11 bits per heavy atom. The van der Waals surface area contributed by atoms with Crippen molar-refractivity contribution in [3.05, 3.63) is 0 Å². The van der Waals surface area contributed by atoms with Crippen molar-refractivity contribution in [2.75, 3.05) is 6.54 Å². The van der Waals surface area contributed by atoms with Crippen LogP contribution in [0.15, 0.2) is 0 Å². The first-order valence-electron chi connectivity index (χ1n) is 3.79. The van der Waals surface area contributed by atoms with E-state index in [-0.39, 0.29) is 6.10 Å². The summed E-state index contributed by atoms with van der Waals surface area (Å²) in [6, 6.07) is 0.449. The lowest BCUT2D eigenvalue weighted by atomic mass is 10.0. The van der Waals surface area contributed by atoms with Crippen LogP contribution in [0.25, 0.3) is 0 Å². The fraction of sp³-hybridized carbons (Fsp3) is 1.00. The first kappa shape index (κ1) is 5.69. The highest BCUT2D eigenvalue weighted by Crippen LogP contribution is 2.31. The van der Waals surface area contributed by atoms with E-state index in [2.05, 4.69) is 5.32 Å². The molecule has 2 fully saturated rings. The Morgan fingerprint density at radius 1 is 1.22 bits per heavy atom. The zero-order chi connectivity index (χ0) is 6.27. The second-order valence-corrected chi connectivity index (χ2v) is 3.17. The van der Waals surface area contributed by atoms with Crippen LogP contribution in [0.5, 0.6) is 0 Å². The zero-order valence-corrected chi connectivity index (χ0v) is 5.51. The van der Waals surface area contributed by atoms with E-state index in [1.54, 1.807) is 0 Å². The van der Waals surface area contributed by atoms with Crippen molar-refractivity contribution in [2.24, 2.45) is 5.92 Å². The molecule has 1 saturated carbocycles.